The number of ether oxygens (including phenoxy) is 2. The molecule has 1 saturated heterocycles. The van der Waals surface area contributed by atoms with Gasteiger partial charge in [-0.3, -0.25) is 14.4 Å². The summed E-state index contributed by atoms with van der Waals surface area (Å²) >= 11 is 0. The lowest BCUT2D eigenvalue weighted by Crippen LogP contribution is -2.51. The fraction of sp³-hybridized carbons (Fsp3) is 0.429. The number of nitrogens with zero attached hydrogens (tertiary/aromatic N) is 4. The molecule has 2 aromatic rings. The van der Waals surface area contributed by atoms with Gasteiger partial charge in [-0.05, 0) is 36.6 Å². The van der Waals surface area contributed by atoms with Gasteiger partial charge in [-0.15, -0.1) is 0 Å². The number of aromatic nitrogens is 2. The normalized spacial score (nSPS) is 13.9. The SMILES string of the molecule is C=C/C=C(/c1ccc(CC)c(OC)c1)n1nc(C(=O)N2CCN(C(=O)COC(C)=O)CC2)cc1CCC. The number of amides is 2. The van der Waals surface area contributed by atoms with E-state index in [1.807, 2.05) is 35.0 Å². The molecular weight excluding hydrogens is 472 g/mol. The standard InChI is InChI=1S/C28H36N4O5/c1-6-9-23-18-24(28(35)31-15-13-30(14-16-31)27(34)19-37-20(4)33)29-32(23)25(10-7-2)22-12-11-21(8-3)26(17-22)36-5/h7,10-12,17-18H,2,6,8-9,13-16,19H2,1,3-5H3/b25-10-. The Balaban J connectivity index is 1.84. The van der Waals surface area contributed by atoms with E-state index in [1.54, 1.807) is 23.0 Å². The van der Waals surface area contributed by atoms with E-state index in [4.69, 9.17) is 14.6 Å². The average Bonchev–Trinajstić information content (AvgIpc) is 3.33. The van der Waals surface area contributed by atoms with E-state index >= 15 is 0 Å². The van der Waals surface area contributed by atoms with Crippen molar-refractivity contribution in [3.05, 3.63) is 65.5 Å². The predicted molar refractivity (Wildman–Crippen MR) is 141 cm³/mol. The summed E-state index contributed by atoms with van der Waals surface area (Å²) < 4.78 is 12.2. The summed E-state index contributed by atoms with van der Waals surface area (Å²) in [5.74, 6) is -0.137. The largest absolute Gasteiger partial charge is 0.496 e. The summed E-state index contributed by atoms with van der Waals surface area (Å²) in [5, 5.41) is 4.73. The van der Waals surface area contributed by atoms with Gasteiger partial charge in [0.1, 0.15) is 5.75 Å². The molecular formula is C28H36N4O5. The lowest BCUT2D eigenvalue weighted by molar-refractivity contribution is -0.150. The number of rotatable bonds is 10. The summed E-state index contributed by atoms with van der Waals surface area (Å²) in [6, 6.07) is 7.90. The van der Waals surface area contributed by atoms with E-state index in [0.717, 1.165) is 47.5 Å². The molecule has 0 bridgehead atoms. The lowest BCUT2D eigenvalue weighted by Gasteiger charge is -2.34. The minimum Gasteiger partial charge on any atom is -0.496 e. The van der Waals surface area contributed by atoms with Gasteiger partial charge in [0, 0.05) is 44.4 Å². The van der Waals surface area contributed by atoms with Crippen LogP contribution >= 0.6 is 0 Å². The van der Waals surface area contributed by atoms with Gasteiger partial charge in [-0.2, -0.15) is 5.10 Å². The highest BCUT2D eigenvalue weighted by atomic mass is 16.5. The molecule has 1 fully saturated rings. The summed E-state index contributed by atoms with van der Waals surface area (Å²) in [7, 11) is 1.66. The number of piperazine rings is 1. The number of carbonyl (C=O) groups excluding carboxylic acids is 3. The van der Waals surface area contributed by atoms with Crippen molar-refractivity contribution < 1.29 is 23.9 Å². The molecule has 1 aromatic heterocycles. The third-order valence-electron chi connectivity index (χ3n) is 6.29. The van der Waals surface area contributed by atoms with Crippen molar-refractivity contribution in [3.8, 4) is 5.75 Å². The molecule has 9 heteroatoms. The van der Waals surface area contributed by atoms with Gasteiger partial charge in [-0.25, -0.2) is 4.68 Å². The topological polar surface area (TPSA) is 94.0 Å². The van der Waals surface area contributed by atoms with E-state index in [9.17, 15) is 14.4 Å². The van der Waals surface area contributed by atoms with Crippen LogP contribution in [0.15, 0.2) is 43.0 Å². The number of esters is 1. The molecule has 0 radical (unpaired) electrons. The molecule has 1 aromatic carbocycles. The van der Waals surface area contributed by atoms with Crippen LogP contribution < -0.4 is 4.74 Å². The molecule has 1 aliphatic heterocycles. The molecule has 3 rings (SSSR count). The average molecular weight is 509 g/mol. The highest BCUT2D eigenvalue weighted by Gasteiger charge is 2.27. The first-order chi connectivity index (χ1) is 17.8. The predicted octanol–water partition coefficient (Wildman–Crippen LogP) is 3.33. The van der Waals surface area contributed by atoms with E-state index in [1.165, 1.54) is 6.92 Å². The number of hydrogen-bond donors (Lipinski definition) is 0. The number of allylic oxidation sites excluding steroid dienone is 2. The maximum Gasteiger partial charge on any atom is 0.303 e. The lowest BCUT2D eigenvalue weighted by atomic mass is 10.1. The van der Waals surface area contributed by atoms with Gasteiger partial charge in [0.2, 0.25) is 0 Å². The number of benzene rings is 1. The Morgan fingerprint density at radius 1 is 1.08 bits per heavy atom. The molecule has 0 atom stereocenters. The van der Waals surface area contributed by atoms with Crippen molar-refractivity contribution in [3.63, 3.8) is 0 Å². The molecule has 0 N–H and O–H groups in total. The van der Waals surface area contributed by atoms with Crippen LogP contribution in [0, 0.1) is 0 Å². The Morgan fingerprint density at radius 2 is 1.78 bits per heavy atom. The smallest absolute Gasteiger partial charge is 0.303 e. The maximum absolute atomic E-state index is 13.4. The quantitative estimate of drug-likeness (QED) is 0.361. The van der Waals surface area contributed by atoms with Crippen molar-refractivity contribution in [2.45, 2.75) is 40.0 Å². The summed E-state index contributed by atoms with van der Waals surface area (Å²) in [6.07, 6.45) is 6.09. The molecule has 0 aliphatic carbocycles. The van der Waals surface area contributed by atoms with Crippen LogP contribution in [0.4, 0.5) is 0 Å². The maximum atomic E-state index is 13.4. The molecule has 0 spiro atoms. The third-order valence-corrected chi connectivity index (χ3v) is 6.29. The van der Waals surface area contributed by atoms with E-state index in [0.29, 0.717) is 31.9 Å². The van der Waals surface area contributed by atoms with Crippen molar-refractivity contribution in [1.29, 1.82) is 0 Å². The second-order valence-corrected chi connectivity index (χ2v) is 8.80. The summed E-state index contributed by atoms with van der Waals surface area (Å²) in [5.41, 5.74) is 4.11. The van der Waals surface area contributed by atoms with Gasteiger partial charge in [-0.1, -0.05) is 45.1 Å². The van der Waals surface area contributed by atoms with E-state index < -0.39 is 5.97 Å². The first-order valence-electron chi connectivity index (χ1n) is 12.6. The molecule has 9 nitrogen and oxygen atoms in total. The fourth-order valence-electron chi connectivity index (χ4n) is 4.34. The van der Waals surface area contributed by atoms with Crippen LogP contribution in [-0.4, -0.2) is 77.3 Å². The van der Waals surface area contributed by atoms with Crippen LogP contribution in [-0.2, 0) is 27.2 Å². The zero-order valence-electron chi connectivity index (χ0n) is 22.2. The van der Waals surface area contributed by atoms with Gasteiger partial charge in [0.15, 0.2) is 12.3 Å². The first-order valence-corrected chi connectivity index (χ1v) is 12.6. The van der Waals surface area contributed by atoms with Gasteiger partial charge >= 0.3 is 5.97 Å². The van der Waals surface area contributed by atoms with Crippen molar-refractivity contribution >= 4 is 23.5 Å². The Labute approximate surface area is 218 Å². The Hall–Kier alpha value is -3.88. The number of methoxy groups -OCH3 is 1. The molecule has 2 heterocycles. The number of carbonyl (C=O) groups is 3. The van der Waals surface area contributed by atoms with Crippen LogP contribution in [0.1, 0.15) is 54.5 Å². The highest BCUT2D eigenvalue weighted by molar-refractivity contribution is 5.93. The second kappa shape index (κ2) is 12.9. The van der Waals surface area contributed by atoms with Crippen molar-refractivity contribution in [2.75, 3.05) is 39.9 Å². The van der Waals surface area contributed by atoms with Crippen LogP contribution in [0.2, 0.25) is 0 Å². The number of aryl methyl sites for hydroxylation is 2. The molecule has 0 saturated carbocycles. The molecule has 0 unspecified atom stereocenters. The van der Waals surface area contributed by atoms with Crippen LogP contribution in [0.3, 0.4) is 0 Å². The third kappa shape index (κ3) is 6.67. The van der Waals surface area contributed by atoms with Crippen molar-refractivity contribution in [2.24, 2.45) is 0 Å². The van der Waals surface area contributed by atoms with Crippen LogP contribution in [0.5, 0.6) is 5.75 Å². The number of hydrogen-bond acceptors (Lipinski definition) is 6. The summed E-state index contributed by atoms with van der Waals surface area (Å²) in [4.78, 5) is 39.9. The Morgan fingerprint density at radius 3 is 2.38 bits per heavy atom. The molecule has 1 aliphatic rings. The fourth-order valence-corrected chi connectivity index (χ4v) is 4.34. The second-order valence-electron chi connectivity index (χ2n) is 8.80. The van der Waals surface area contributed by atoms with Gasteiger partial charge in [0.25, 0.3) is 11.8 Å². The minimum absolute atomic E-state index is 0.181. The van der Waals surface area contributed by atoms with E-state index in [2.05, 4.69) is 20.4 Å². The zero-order chi connectivity index (χ0) is 26.9. The molecule has 198 valence electrons. The minimum atomic E-state index is -0.495. The summed E-state index contributed by atoms with van der Waals surface area (Å²) in [6.45, 7) is 10.5. The highest BCUT2D eigenvalue weighted by Crippen LogP contribution is 2.27. The zero-order valence-corrected chi connectivity index (χ0v) is 22.2. The molecule has 2 amide bonds. The Kier molecular flexibility index (Phi) is 9.65. The first kappa shape index (κ1) is 27.7. The van der Waals surface area contributed by atoms with Gasteiger partial charge in [0.05, 0.1) is 12.8 Å². The van der Waals surface area contributed by atoms with Crippen molar-refractivity contribution in [1.82, 2.24) is 19.6 Å². The van der Waals surface area contributed by atoms with Gasteiger partial charge < -0.3 is 19.3 Å². The molecule has 37 heavy (non-hydrogen) atoms. The van der Waals surface area contributed by atoms with Crippen LogP contribution in [0.25, 0.3) is 5.70 Å². The monoisotopic (exact) mass is 508 g/mol. The Bertz CT molecular complexity index is 1180. The van der Waals surface area contributed by atoms with E-state index in [-0.39, 0.29) is 18.4 Å².